The number of carbonyl (C=O) groups is 3. The number of rotatable bonds is 2. The van der Waals surface area contributed by atoms with Crippen LogP contribution in [0.3, 0.4) is 0 Å². The lowest BCUT2D eigenvalue weighted by atomic mass is 9.85. The Morgan fingerprint density at radius 2 is 1.62 bits per heavy atom. The van der Waals surface area contributed by atoms with Gasteiger partial charge >= 0.3 is 5.97 Å². The number of carboxylic acid groups (broad SMARTS) is 1. The fourth-order valence-electron chi connectivity index (χ4n) is 4.46. The van der Waals surface area contributed by atoms with Gasteiger partial charge in [0.2, 0.25) is 11.8 Å². The Hall–Kier alpha value is -2.69. The number of amides is 2. The summed E-state index contributed by atoms with van der Waals surface area (Å²) in [7, 11) is 0. The summed E-state index contributed by atoms with van der Waals surface area (Å²) in [4.78, 5) is 38.2. The van der Waals surface area contributed by atoms with Crippen molar-refractivity contribution in [2.45, 2.75) is 13.8 Å². The summed E-state index contributed by atoms with van der Waals surface area (Å²) in [6, 6.07) is 6.00. The van der Waals surface area contributed by atoms with Gasteiger partial charge in [0.25, 0.3) is 0 Å². The van der Waals surface area contributed by atoms with E-state index in [-0.39, 0.29) is 41.0 Å². The van der Waals surface area contributed by atoms with Crippen LogP contribution in [0.15, 0.2) is 47.6 Å². The standard InChI is InChI=1S/C19H17NO4/c1-9(2)14-12-6-7-13(14)16-15(12)17(21)20(18(16)22)11-5-3-4-10(8-11)19(23)24/h3-8,12-13,15-16H,1-2H3,(H,23,24)/t12-,13-,15+,16+/m0/s1. The van der Waals surface area contributed by atoms with E-state index in [2.05, 4.69) is 0 Å². The number of carbonyl (C=O) groups excluding carboxylic acids is 2. The van der Waals surface area contributed by atoms with E-state index < -0.39 is 5.97 Å². The summed E-state index contributed by atoms with van der Waals surface area (Å²) in [6.07, 6.45) is 4.08. The zero-order valence-electron chi connectivity index (χ0n) is 13.4. The first kappa shape index (κ1) is 14.9. The van der Waals surface area contributed by atoms with Crippen LogP contribution in [0.4, 0.5) is 5.69 Å². The second kappa shape index (κ2) is 4.90. The van der Waals surface area contributed by atoms with Gasteiger partial charge in [-0.2, -0.15) is 0 Å². The van der Waals surface area contributed by atoms with Crippen molar-refractivity contribution < 1.29 is 19.5 Å². The number of anilines is 1. The Morgan fingerprint density at radius 3 is 2.12 bits per heavy atom. The van der Waals surface area contributed by atoms with Crippen molar-refractivity contribution in [3.8, 4) is 0 Å². The van der Waals surface area contributed by atoms with Crippen LogP contribution in [-0.4, -0.2) is 22.9 Å². The molecule has 2 aliphatic carbocycles. The summed E-state index contributed by atoms with van der Waals surface area (Å²) in [5.74, 6) is -2.24. The quantitative estimate of drug-likeness (QED) is 0.670. The van der Waals surface area contributed by atoms with Crippen LogP contribution in [0.2, 0.25) is 0 Å². The van der Waals surface area contributed by atoms with Gasteiger partial charge in [-0.25, -0.2) is 9.69 Å². The van der Waals surface area contributed by atoms with Crippen molar-refractivity contribution in [1.29, 1.82) is 0 Å². The van der Waals surface area contributed by atoms with Gasteiger partial charge in [0.05, 0.1) is 23.1 Å². The average Bonchev–Trinajstić information content (AvgIpc) is 3.17. The molecular weight excluding hydrogens is 306 g/mol. The molecule has 0 unspecified atom stereocenters. The van der Waals surface area contributed by atoms with Crippen LogP contribution in [0, 0.1) is 23.7 Å². The number of benzene rings is 1. The Bertz CT molecular complexity index is 813. The first-order valence-corrected chi connectivity index (χ1v) is 7.98. The van der Waals surface area contributed by atoms with Crippen LogP contribution in [0.5, 0.6) is 0 Å². The van der Waals surface area contributed by atoms with E-state index in [1.807, 2.05) is 26.0 Å². The lowest BCUT2D eigenvalue weighted by Gasteiger charge is -2.19. The maximum Gasteiger partial charge on any atom is 0.335 e. The summed E-state index contributed by atoms with van der Waals surface area (Å²) < 4.78 is 0. The molecular formula is C19H17NO4. The van der Waals surface area contributed by atoms with E-state index in [1.54, 1.807) is 12.1 Å². The molecule has 2 amide bonds. The minimum atomic E-state index is -1.08. The summed E-state index contributed by atoms with van der Waals surface area (Å²) in [5, 5.41) is 9.13. The molecule has 5 heteroatoms. The average molecular weight is 323 g/mol. The van der Waals surface area contributed by atoms with Crippen molar-refractivity contribution in [3.05, 3.63) is 53.1 Å². The maximum absolute atomic E-state index is 12.9. The van der Waals surface area contributed by atoms with E-state index in [0.29, 0.717) is 5.69 Å². The van der Waals surface area contributed by atoms with Crippen molar-refractivity contribution in [1.82, 2.24) is 0 Å². The Kier molecular flexibility index (Phi) is 3.04. The third kappa shape index (κ3) is 1.78. The maximum atomic E-state index is 12.9. The molecule has 1 saturated carbocycles. The number of aromatic carboxylic acids is 1. The summed E-state index contributed by atoms with van der Waals surface area (Å²) in [5.41, 5.74) is 2.78. The summed E-state index contributed by atoms with van der Waals surface area (Å²) >= 11 is 0. The number of fused-ring (bicyclic) bond motifs is 5. The molecule has 1 aromatic carbocycles. The third-order valence-corrected chi connectivity index (χ3v) is 5.34. The lowest BCUT2D eigenvalue weighted by molar-refractivity contribution is -0.122. The molecule has 2 fully saturated rings. The Balaban J connectivity index is 1.76. The molecule has 0 spiro atoms. The van der Waals surface area contributed by atoms with Crippen LogP contribution < -0.4 is 4.90 Å². The number of hydrogen-bond acceptors (Lipinski definition) is 3. The van der Waals surface area contributed by atoms with Crippen LogP contribution in [0.25, 0.3) is 0 Å². The highest BCUT2D eigenvalue weighted by Crippen LogP contribution is 2.57. The predicted molar refractivity (Wildman–Crippen MR) is 87.4 cm³/mol. The van der Waals surface area contributed by atoms with Crippen molar-refractivity contribution >= 4 is 23.5 Å². The van der Waals surface area contributed by atoms with Gasteiger partial charge in [0, 0.05) is 11.8 Å². The molecule has 0 aromatic heterocycles. The number of carboxylic acids is 1. The Morgan fingerprint density at radius 1 is 1.04 bits per heavy atom. The zero-order chi connectivity index (χ0) is 17.2. The summed E-state index contributed by atoms with van der Waals surface area (Å²) in [6.45, 7) is 4.04. The minimum Gasteiger partial charge on any atom is -0.478 e. The molecule has 0 radical (unpaired) electrons. The monoisotopic (exact) mass is 323 g/mol. The van der Waals surface area contributed by atoms with E-state index >= 15 is 0 Å². The van der Waals surface area contributed by atoms with E-state index in [1.165, 1.54) is 28.2 Å². The highest BCUT2D eigenvalue weighted by Gasteiger charge is 2.61. The van der Waals surface area contributed by atoms with Gasteiger partial charge < -0.3 is 5.11 Å². The van der Waals surface area contributed by atoms with Crippen LogP contribution >= 0.6 is 0 Å². The van der Waals surface area contributed by atoms with Crippen LogP contribution in [0.1, 0.15) is 24.2 Å². The van der Waals surface area contributed by atoms with Crippen LogP contribution in [-0.2, 0) is 9.59 Å². The van der Waals surface area contributed by atoms with Gasteiger partial charge in [-0.05, 0) is 32.0 Å². The van der Waals surface area contributed by atoms with Gasteiger partial charge in [0.15, 0.2) is 0 Å². The fraction of sp³-hybridized carbons (Fsp3) is 0.316. The molecule has 4 atom stereocenters. The highest BCUT2D eigenvalue weighted by molar-refractivity contribution is 6.23. The molecule has 1 N–H and O–H groups in total. The molecule has 2 bridgehead atoms. The SMILES string of the molecule is CC(C)=C1[C@@H]2C=C[C@@H]1[C@H]1C(=O)N(c3cccc(C(=O)O)c3)C(=O)[C@@H]12. The predicted octanol–water partition coefficient (Wildman–Crippen LogP) is 2.64. The highest BCUT2D eigenvalue weighted by atomic mass is 16.4. The number of nitrogens with zero attached hydrogens (tertiary/aromatic N) is 1. The first-order chi connectivity index (χ1) is 11.4. The van der Waals surface area contributed by atoms with Gasteiger partial charge in [-0.3, -0.25) is 9.59 Å². The largest absolute Gasteiger partial charge is 0.478 e. The molecule has 4 rings (SSSR count). The molecule has 3 aliphatic rings. The van der Waals surface area contributed by atoms with Crippen molar-refractivity contribution in [2.75, 3.05) is 4.90 Å². The van der Waals surface area contributed by atoms with E-state index in [4.69, 9.17) is 5.11 Å². The van der Waals surface area contributed by atoms with Gasteiger partial charge in [0.1, 0.15) is 0 Å². The minimum absolute atomic E-state index is 0.00546. The molecule has 1 aliphatic heterocycles. The molecule has 24 heavy (non-hydrogen) atoms. The second-order valence-electron chi connectivity index (χ2n) is 6.81. The number of allylic oxidation sites excluding steroid dienone is 4. The molecule has 1 saturated heterocycles. The molecule has 1 aromatic rings. The molecule has 122 valence electrons. The van der Waals surface area contributed by atoms with E-state index in [9.17, 15) is 14.4 Å². The number of hydrogen-bond donors (Lipinski definition) is 1. The third-order valence-electron chi connectivity index (χ3n) is 5.34. The van der Waals surface area contributed by atoms with Gasteiger partial charge in [-0.15, -0.1) is 0 Å². The number of imide groups is 1. The van der Waals surface area contributed by atoms with Crippen molar-refractivity contribution in [3.63, 3.8) is 0 Å². The fourth-order valence-corrected chi connectivity index (χ4v) is 4.46. The molecule has 1 heterocycles. The topological polar surface area (TPSA) is 74.7 Å². The van der Waals surface area contributed by atoms with E-state index in [0.717, 1.165) is 0 Å². The molecule has 5 nitrogen and oxygen atoms in total. The smallest absolute Gasteiger partial charge is 0.335 e. The first-order valence-electron chi connectivity index (χ1n) is 7.98. The van der Waals surface area contributed by atoms with Crippen molar-refractivity contribution in [2.24, 2.45) is 23.7 Å². The Labute approximate surface area is 139 Å². The zero-order valence-corrected chi connectivity index (χ0v) is 13.4. The lowest BCUT2D eigenvalue weighted by Crippen LogP contribution is -2.33. The normalized spacial score (nSPS) is 30.2. The van der Waals surface area contributed by atoms with Gasteiger partial charge in [-0.1, -0.05) is 29.4 Å². The second-order valence-corrected chi connectivity index (χ2v) is 6.81.